The molecular formula is C14H15NO4. The summed E-state index contributed by atoms with van der Waals surface area (Å²) in [6, 6.07) is 7.45. The number of methoxy groups -OCH3 is 1. The number of hydrogen-bond acceptors (Lipinski definition) is 3. The molecule has 1 aromatic heterocycles. The van der Waals surface area contributed by atoms with Gasteiger partial charge in [0.15, 0.2) is 0 Å². The molecule has 0 amide bonds. The lowest BCUT2D eigenvalue weighted by atomic mass is 10.1. The average Bonchev–Trinajstić information content (AvgIpc) is 2.69. The lowest BCUT2D eigenvalue weighted by molar-refractivity contribution is -0.140. The minimum Gasteiger partial charge on any atom is -0.477 e. The van der Waals surface area contributed by atoms with Gasteiger partial charge in [0.25, 0.3) is 0 Å². The van der Waals surface area contributed by atoms with E-state index in [0.29, 0.717) is 12.0 Å². The normalized spacial score (nSPS) is 10.6. The largest absolute Gasteiger partial charge is 0.477 e. The summed E-state index contributed by atoms with van der Waals surface area (Å²) in [6.45, 7) is 0. The van der Waals surface area contributed by atoms with Crippen LogP contribution in [0, 0.1) is 0 Å². The van der Waals surface area contributed by atoms with Crippen LogP contribution in [0.4, 0.5) is 0 Å². The molecule has 0 unspecified atom stereocenters. The fourth-order valence-corrected chi connectivity index (χ4v) is 2.33. The van der Waals surface area contributed by atoms with E-state index in [1.807, 2.05) is 24.3 Å². The van der Waals surface area contributed by atoms with Gasteiger partial charge in [-0.15, -0.1) is 0 Å². The van der Waals surface area contributed by atoms with E-state index in [-0.39, 0.29) is 18.1 Å². The summed E-state index contributed by atoms with van der Waals surface area (Å²) in [5.41, 5.74) is 1.75. The minimum atomic E-state index is -0.987. The Hall–Kier alpha value is -2.30. The first-order valence-corrected chi connectivity index (χ1v) is 5.92. The van der Waals surface area contributed by atoms with Crippen molar-refractivity contribution in [3.8, 4) is 0 Å². The van der Waals surface area contributed by atoms with Crippen molar-refractivity contribution in [3.63, 3.8) is 0 Å². The molecule has 0 spiro atoms. The van der Waals surface area contributed by atoms with Gasteiger partial charge in [-0.3, -0.25) is 4.79 Å². The number of carbonyl (C=O) groups excluding carboxylic acids is 1. The van der Waals surface area contributed by atoms with Crippen molar-refractivity contribution in [2.45, 2.75) is 12.8 Å². The van der Waals surface area contributed by atoms with E-state index >= 15 is 0 Å². The van der Waals surface area contributed by atoms with Gasteiger partial charge in [-0.2, -0.15) is 0 Å². The topological polar surface area (TPSA) is 68.5 Å². The highest BCUT2D eigenvalue weighted by molar-refractivity contribution is 5.98. The third-order valence-corrected chi connectivity index (χ3v) is 3.22. The van der Waals surface area contributed by atoms with Crippen LogP contribution in [0.2, 0.25) is 0 Å². The molecule has 5 nitrogen and oxygen atoms in total. The first kappa shape index (κ1) is 13.1. The van der Waals surface area contributed by atoms with Crippen LogP contribution in [0.3, 0.4) is 0 Å². The molecule has 0 bridgehead atoms. The number of hydrogen-bond donors (Lipinski definition) is 1. The zero-order valence-corrected chi connectivity index (χ0v) is 10.8. The summed E-state index contributed by atoms with van der Waals surface area (Å²) in [5.74, 6) is -1.33. The van der Waals surface area contributed by atoms with Crippen LogP contribution in [0.5, 0.6) is 0 Å². The van der Waals surface area contributed by atoms with Crippen molar-refractivity contribution < 1.29 is 19.4 Å². The van der Waals surface area contributed by atoms with Crippen LogP contribution in [-0.2, 0) is 23.0 Å². The van der Waals surface area contributed by atoms with Gasteiger partial charge in [0.2, 0.25) is 0 Å². The number of benzene rings is 1. The predicted molar refractivity (Wildman–Crippen MR) is 70.2 cm³/mol. The molecule has 0 aliphatic rings. The Balaban J connectivity index is 2.53. The molecule has 2 aromatic rings. The number of ether oxygens (including phenoxy) is 1. The standard InChI is InChI=1S/C14H15NO4/c1-15-11-6-4-3-5-9(11)10(13(15)14(17)18)7-8-12(16)19-2/h3-6H,7-8H2,1-2H3,(H,17,18). The molecule has 0 aliphatic carbocycles. The highest BCUT2D eigenvalue weighted by Crippen LogP contribution is 2.26. The Bertz CT molecular complexity index is 642. The SMILES string of the molecule is COC(=O)CCc1c(C(=O)O)n(C)c2ccccc12. The smallest absolute Gasteiger partial charge is 0.352 e. The zero-order valence-electron chi connectivity index (χ0n) is 10.8. The van der Waals surface area contributed by atoms with Gasteiger partial charge < -0.3 is 14.4 Å². The van der Waals surface area contributed by atoms with Crippen LogP contribution >= 0.6 is 0 Å². The quantitative estimate of drug-likeness (QED) is 0.854. The highest BCUT2D eigenvalue weighted by Gasteiger charge is 2.20. The molecule has 1 N–H and O–H groups in total. The predicted octanol–water partition coefficient (Wildman–Crippen LogP) is 1.98. The number of aromatic nitrogens is 1. The summed E-state index contributed by atoms with van der Waals surface area (Å²) in [7, 11) is 3.04. The second-order valence-corrected chi connectivity index (χ2v) is 4.28. The number of carboxylic acid groups (broad SMARTS) is 1. The summed E-state index contributed by atoms with van der Waals surface area (Å²) in [4.78, 5) is 22.6. The number of carbonyl (C=O) groups is 2. The molecule has 0 fully saturated rings. The Labute approximate surface area is 110 Å². The van der Waals surface area contributed by atoms with E-state index in [1.54, 1.807) is 11.6 Å². The monoisotopic (exact) mass is 261 g/mol. The molecule has 0 saturated carbocycles. The molecule has 1 aromatic carbocycles. The molecule has 5 heteroatoms. The molecule has 0 atom stereocenters. The summed E-state index contributed by atoms with van der Waals surface area (Å²) in [6.07, 6.45) is 0.528. The van der Waals surface area contributed by atoms with Gasteiger partial charge in [-0.25, -0.2) is 4.79 Å². The highest BCUT2D eigenvalue weighted by atomic mass is 16.5. The number of aromatic carboxylic acids is 1. The number of aryl methyl sites for hydroxylation is 2. The van der Waals surface area contributed by atoms with E-state index in [0.717, 1.165) is 10.9 Å². The van der Waals surface area contributed by atoms with E-state index in [4.69, 9.17) is 0 Å². The molecular weight excluding hydrogens is 246 g/mol. The maximum absolute atomic E-state index is 11.4. The Morgan fingerprint density at radius 1 is 1.32 bits per heavy atom. The third-order valence-electron chi connectivity index (χ3n) is 3.22. The number of esters is 1. The fraction of sp³-hybridized carbons (Fsp3) is 0.286. The summed E-state index contributed by atoms with van der Waals surface area (Å²) >= 11 is 0. The van der Waals surface area contributed by atoms with Crippen molar-refractivity contribution in [2.24, 2.45) is 7.05 Å². The Kier molecular flexibility index (Phi) is 3.55. The van der Waals surface area contributed by atoms with Gasteiger partial charge in [0.1, 0.15) is 5.69 Å². The minimum absolute atomic E-state index is 0.171. The van der Waals surface area contributed by atoms with Gasteiger partial charge in [0, 0.05) is 24.4 Å². The van der Waals surface area contributed by atoms with Crippen LogP contribution in [0.15, 0.2) is 24.3 Å². The second kappa shape index (κ2) is 5.14. The van der Waals surface area contributed by atoms with Gasteiger partial charge in [0.05, 0.1) is 7.11 Å². The third kappa shape index (κ3) is 2.31. The number of rotatable bonds is 4. The van der Waals surface area contributed by atoms with Gasteiger partial charge >= 0.3 is 11.9 Å². The fourth-order valence-electron chi connectivity index (χ4n) is 2.33. The Morgan fingerprint density at radius 3 is 2.63 bits per heavy atom. The van der Waals surface area contributed by atoms with Crippen molar-refractivity contribution in [2.75, 3.05) is 7.11 Å². The Morgan fingerprint density at radius 2 is 2.00 bits per heavy atom. The summed E-state index contributed by atoms with van der Waals surface area (Å²) < 4.78 is 6.24. The van der Waals surface area contributed by atoms with Crippen LogP contribution in [-0.4, -0.2) is 28.7 Å². The van der Waals surface area contributed by atoms with E-state index in [9.17, 15) is 14.7 Å². The van der Waals surface area contributed by atoms with Crippen molar-refractivity contribution in [3.05, 3.63) is 35.5 Å². The van der Waals surface area contributed by atoms with Crippen LogP contribution in [0.1, 0.15) is 22.5 Å². The average molecular weight is 261 g/mol. The van der Waals surface area contributed by atoms with E-state index in [1.165, 1.54) is 7.11 Å². The molecule has 100 valence electrons. The number of carboxylic acids is 1. The maximum Gasteiger partial charge on any atom is 0.352 e. The summed E-state index contributed by atoms with van der Waals surface area (Å²) in [5, 5.41) is 10.2. The molecule has 1 heterocycles. The maximum atomic E-state index is 11.4. The second-order valence-electron chi connectivity index (χ2n) is 4.28. The van der Waals surface area contributed by atoms with Gasteiger partial charge in [-0.05, 0) is 18.1 Å². The van der Waals surface area contributed by atoms with Crippen molar-refractivity contribution >= 4 is 22.8 Å². The molecule has 19 heavy (non-hydrogen) atoms. The lowest BCUT2D eigenvalue weighted by Crippen LogP contribution is -2.09. The molecule has 0 saturated heterocycles. The lowest BCUT2D eigenvalue weighted by Gasteiger charge is -2.02. The number of nitrogens with zero attached hydrogens (tertiary/aromatic N) is 1. The van der Waals surface area contributed by atoms with Crippen LogP contribution < -0.4 is 0 Å². The van der Waals surface area contributed by atoms with E-state index < -0.39 is 5.97 Å². The van der Waals surface area contributed by atoms with Crippen molar-refractivity contribution in [1.29, 1.82) is 0 Å². The van der Waals surface area contributed by atoms with Crippen molar-refractivity contribution in [1.82, 2.24) is 4.57 Å². The first-order chi connectivity index (χ1) is 9.06. The van der Waals surface area contributed by atoms with Gasteiger partial charge in [-0.1, -0.05) is 18.2 Å². The van der Waals surface area contributed by atoms with E-state index in [2.05, 4.69) is 4.74 Å². The number of fused-ring (bicyclic) bond motifs is 1. The molecule has 2 rings (SSSR count). The zero-order chi connectivity index (χ0) is 14.0. The number of para-hydroxylation sites is 1. The van der Waals surface area contributed by atoms with Crippen LogP contribution in [0.25, 0.3) is 10.9 Å². The first-order valence-electron chi connectivity index (χ1n) is 5.92. The molecule has 0 radical (unpaired) electrons. The molecule has 0 aliphatic heterocycles.